The summed E-state index contributed by atoms with van der Waals surface area (Å²) in [6, 6.07) is 2.04. The third-order valence-electron chi connectivity index (χ3n) is 10.4. The normalized spacial score (nSPS) is 23.0. The van der Waals surface area contributed by atoms with Crippen molar-refractivity contribution in [3.8, 4) is 0 Å². The second kappa shape index (κ2) is 11.5. The molecule has 1 saturated heterocycles. The Hall–Kier alpha value is -2.56. The van der Waals surface area contributed by atoms with E-state index >= 15 is 0 Å². The fourth-order valence-corrected chi connectivity index (χ4v) is 14.6. The van der Waals surface area contributed by atoms with Crippen LogP contribution in [0.1, 0.15) is 111 Å². The number of carbonyl (C=O) groups is 3. The minimum atomic E-state index is -0.753. The third kappa shape index (κ3) is 4.60. The number of nitrogens with zero attached hydrogens (tertiary/aromatic N) is 3. The number of nitrogens with one attached hydrogen (secondary N) is 1. The Morgan fingerprint density at radius 3 is 1.96 bits per heavy atom. The van der Waals surface area contributed by atoms with E-state index < -0.39 is 5.54 Å². The SMILES string of the molecule is CC1=CNCc2cc3c4c(c21)CN(N1C(=O)CCC1=O)C(=O)N4C(C)(C)C1=C3C2(SC(C(C)C)=C(C(C)C)S2)C(C(C)C)=C(C(C)C)S1. The number of imide groups is 1. The second-order valence-electron chi connectivity index (χ2n) is 15.6. The van der Waals surface area contributed by atoms with Gasteiger partial charge in [-0.1, -0.05) is 67.2 Å². The number of amides is 4. The van der Waals surface area contributed by atoms with Gasteiger partial charge in [0, 0.05) is 47.2 Å². The first kappa shape index (κ1) is 33.9. The molecule has 0 atom stereocenters. The van der Waals surface area contributed by atoms with Gasteiger partial charge >= 0.3 is 6.03 Å². The van der Waals surface area contributed by atoms with Crippen molar-refractivity contribution in [1.82, 2.24) is 15.3 Å². The van der Waals surface area contributed by atoms with Gasteiger partial charge < -0.3 is 5.32 Å². The third-order valence-corrected chi connectivity index (χ3v) is 16.1. The highest BCUT2D eigenvalue weighted by molar-refractivity contribution is 8.26. The molecule has 0 aromatic heterocycles. The van der Waals surface area contributed by atoms with Crippen LogP contribution in [-0.2, 0) is 22.7 Å². The van der Waals surface area contributed by atoms with Crippen LogP contribution in [0.2, 0.25) is 0 Å². The minimum Gasteiger partial charge on any atom is -0.387 e. The van der Waals surface area contributed by atoms with E-state index in [-0.39, 0.29) is 41.3 Å². The Morgan fingerprint density at radius 1 is 0.833 bits per heavy atom. The number of rotatable bonds is 5. The molecule has 10 heteroatoms. The summed E-state index contributed by atoms with van der Waals surface area (Å²) in [5, 5.41) is 6.05. The summed E-state index contributed by atoms with van der Waals surface area (Å²) in [5.41, 5.74) is 8.52. The van der Waals surface area contributed by atoms with E-state index in [1.165, 1.54) is 41.3 Å². The summed E-state index contributed by atoms with van der Waals surface area (Å²) in [7, 11) is 0. The Bertz CT molecular complexity index is 1780. The molecule has 4 amide bonds. The van der Waals surface area contributed by atoms with Crippen LogP contribution in [0.15, 0.2) is 37.5 Å². The second-order valence-corrected chi connectivity index (χ2v) is 19.4. The number of hydrogen-bond donors (Lipinski definition) is 1. The van der Waals surface area contributed by atoms with Crippen LogP contribution in [0.25, 0.3) is 11.1 Å². The number of urea groups is 1. The van der Waals surface area contributed by atoms with Gasteiger partial charge in [0.05, 0.1) is 17.8 Å². The molecule has 1 aromatic rings. The van der Waals surface area contributed by atoms with Crippen molar-refractivity contribution in [3.05, 3.63) is 59.7 Å². The highest BCUT2D eigenvalue weighted by Gasteiger charge is 2.60. The summed E-state index contributed by atoms with van der Waals surface area (Å²) >= 11 is 5.97. The molecule has 1 spiro atoms. The smallest absolute Gasteiger partial charge is 0.344 e. The van der Waals surface area contributed by atoms with Crippen LogP contribution < -0.4 is 10.2 Å². The highest BCUT2D eigenvalue weighted by atomic mass is 32.2. The van der Waals surface area contributed by atoms with Gasteiger partial charge in [0.15, 0.2) is 0 Å². The van der Waals surface area contributed by atoms with Crippen LogP contribution in [0.4, 0.5) is 10.5 Å². The maximum absolute atomic E-state index is 14.9. The Morgan fingerprint density at radius 2 is 1.42 bits per heavy atom. The Kier molecular flexibility index (Phi) is 8.12. The van der Waals surface area contributed by atoms with Gasteiger partial charge in [-0.15, -0.1) is 23.5 Å². The lowest BCUT2D eigenvalue weighted by Crippen LogP contribution is -2.63. The Labute approximate surface area is 298 Å². The first-order chi connectivity index (χ1) is 22.5. The number of thioether (sulfide) groups is 3. The molecule has 1 N–H and O–H groups in total. The number of anilines is 1. The quantitative estimate of drug-likeness (QED) is 0.306. The van der Waals surface area contributed by atoms with E-state index in [9.17, 15) is 14.4 Å². The van der Waals surface area contributed by atoms with E-state index in [1.807, 2.05) is 22.9 Å². The molecule has 7 nitrogen and oxygen atoms in total. The first-order valence-corrected chi connectivity index (χ1v) is 19.8. The summed E-state index contributed by atoms with van der Waals surface area (Å²) in [6.07, 6.45) is 2.31. The molecule has 0 aliphatic carbocycles. The lowest BCUT2D eigenvalue weighted by molar-refractivity contribution is -0.153. The zero-order valence-corrected chi connectivity index (χ0v) is 32.5. The predicted molar refractivity (Wildman–Crippen MR) is 201 cm³/mol. The van der Waals surface area contributed by atoms with Crippen LogP contribution in [0.5, 0.6) is 0 Å². The average molecular weight is 705 g/mol. The van der Waals surface area contributed by atoms with Crippen molar-refractivity contribution in [1.29, 1.82) is 0 Å². The fourth-order valence-electron chi connectivity index (χ4n) is 8.38. The van der Waals surface area contributed by atoms with Gasteiger partial charge in [-0.2, -0.15) is 5.01 Å². The molecule has 0 bridgehead atoms. The predicted octanol–water partition coefficient (Wildman–Crippen LogP) is 9.47. The molecular formula is C38H48N4O3S3. The van der Waals surface area contributed by atoms with Crippen molar-refractivity contribution < 1.29 is 14.4 Å². The molecule has 1 fully saturated rings. The summed E-state index contributed by atoms with van der Waals surface area (Å²) in [6.45, 7) is 25.9. The zero-order valence-electron chi connectivity index (χ0n) is 30.1. The van der Waals surface area contributed by atoms with Crippen molar-refractivity contribution in [2.45, 2.75) is 112 Å². The van der Waals surface area contributed by atoms with Gasteiger partial charge in [-0.3, -0.25) is 14.5 Å². The molecule has 48 heavy (non-hydrogen) atoms. The van der Waals surface area contributed by atoms with E-state index in [0.29, 0.717) is 30.2 Å². The van der Waals surface area contributed by atoms with E-state index in [1.54, 1.807) is 0 Å². The summed E-state index contributed by atoms with van der Waals surface area (Å²) < 4.78 is -0.382. The summed E-state index contributed by atoms with van der Waals surface area (Å²) in [5.74, 6) is 0.774. The molecule has 0 saturated carbocycles. The zero-order chi connectivity index (χ0) is 34.8. The van der Waals surface area contributed by atoms with Crippen molar-refractivity contribution in [2.75, 3.05) is 4.90 Å². The molecule has 6 heterocycles. The fraction of sp³-hybridized carbons (Fsp3) is 0.553. The average Bonchev–Trinajstić information content (AvgIpc) is 3.55. The van der Waals surface area contributed by atoms with Crippen LogP contribution >= 0.6 is 35.3 Å². The van der Waals surface area contributed by atoms with E-state index in [2.05, 4.69) is 111 Å². The maximum atomic E-state index is 14.9. The topological polar surface area (TPSA) is 73.0 Å². The number of carbonyl (C=O) groups excluding carboxylic acids is 3. The molecule has 6 aliphatic rings. The maximum Gasteiger partial charge on any atom is 0.344 e. The van der Waals surface area contributed by atoms with Gasteiger partial charge in [0.1, 0.15) is 4.08 Å². The van der Waals surface area contributed by atoms with Crippen molar-refractivity contribution in [3.63, 3.8) is 0 Å². The number of fused-ring (bicyclic) bond motifs is 4. The van der Waals surface area contributed by atoms with Crippen molar-refractivity contribution >= 4 is 70.0 Å². The number of benzene rings is 1. The van der Waals surface area contributed by atoms with E-state index in [0.717, 1.165) is 33.0 Å². The molecule has 6 aliphatic heterocycles. The molecule has 0 radical (unpaired) electrons. The molecule has 1 aromatic carbocycles. The monoisotopic (exact) mass is 704 g/mol. The van der Waals surface area contributed by atoms with Crippen LogP contribution in [0, 0.1) is 23.7 Å². The Balaban J connectivity index is 1.57. The number of allylic oxidation sites excluding steroid dienone is 4. The lowest BCUT2D eigenvalue weighted by atomic mass is 9.77. The van der Waals surface area contributed by atoms with Gasteiger partial charge in [-0.05, 0) is 87.5 Å². The first-order valence-electron chi connectivity index (χ1n) is 17.4. The molecule has 256 valence electrons. The van der Waals surface area contributed by atoms with E-state index in [4.69, 9.17) is 0 Å². The number of hydrogen-bond acceptors (Lipinski definition) is 7. The van der Waals surface area contributed by atoms with Crippen molar-refractivity contribution in [2.24, 2.45) is 23.7 Å². The van der Waals surface area contributed by atoms with Gasteiger partial charge in [0.2, 0.25) is 11.8 Å². The summed E-state index contributed by atoms with van der Waals surface area (Å²) in [4.78, 5) is 48.7. The standard InChI is InChI=1S/C38H48N4O3S3/c1-18(2)29-32(19(3)4)46-35-30(38(29)47-33(20(5)6)34(48-38)21(7)8)24-14-23-16-39-15-22(9)28(23)25-17-40(42-26(43)12-13-27(42)44)36(45)41(31(24)25)37(35,10)11/h14-15,18-21,39H,12-13,16-17H2,1-11H3. The van der Waals surface area contributed by atoms with Gasteiger partial charge in [-0.25, -0.2) is 9.80 Å². The largest absolute Gasteiger partial charge is 0.387 e. The molecular weight excluding hydrogens is 657 g/mol. The highest BCUT2D eigenvalue weighted by Crippen LogP contribution is 2.74. The number of hydrazine groups is 1. The van der Waals surface area contributed by atoms with Crippen LogP contribution in [0.3, 0.4) is 0 Å². The molecule has 7 rings (SSSR count). The lowest BCUT2D eigenvalue weighted by Gasteiger charge is -2.56. The minimum absolute atomic E-state index is 0.131. The molecule has 0 unspecified atom stereocenters. The van der Waals surface area contributed by atoms with Crippen LogP contribution in [-0.4, -0.2) is 37.5 Å². The van der Waals surface area contributed by atoms with Gasteiger partial charge in [0.25, 0.3) is 0 Å².